The number of hydrogen-bond donors (Lipinski definition) is 3. The minimum Gasteiger partial charge on any atom is -0.452 e. The van der Waals surface area contributed by atoms with Gasteiger partial charge in [0, 0.05) is 0 Å². The number of amides is 1. The molecule has 19 heavy (non-hydrogen) atoms. The summed E-state index contributed by atoms with van der Waals surface area (Å²) in [6.45, 7) is 0.569. The van der Waals surface area contributed by atoms with E-state index in [1.165, 1.54) is 0 Å². The molecule has 0 aliphatic rings. The third-order valence-corrected chi connectivity index (χ3v) is 3.19. The molecule has 1 amide bonds. The first-order valence-electron chi connectivity index (χ1n) is 5.64. The molecule has 0 unspecified atom stereocenters. The molecule has 0 saturated carbocycles. The molecule has 8 heteroatoms. The van der Waals surface area contributed by atoms with Gasteiger partial charge in [0.2, 0.25) is 0 Å². The number of rotatable bonds is 6. The van der Waals surface area contributed by atoms with Gasteiger partial charge in [-0.1, -0.05) is 12.1 Å². The Bertz CT molecular complexity index is 530. The standard InChI is InChI=1S/C11H17N3O4S/c1-18-11(15)14-19(16,17)13-10-6-2-4-9(8-10)5-3-7-12/h2,4,6,8,13H,3,5,7,12H2,1H3,(H,14,15). The summed E-state index contributed by atoms with van der Waals surface area (Å²) in [7, 11) is -2.90. The maximum atomic E-state index is 11.6. The van der Waals surface area contributed by atoms with Crippen LogP contribution in [0.15, 0.2) is 24.3 Å². The topological polar surface area (TPSA) is 111 Å². The Morgan fingerprint density at radius 3 is 2.79 bits per heavy atom. The van der Waals surface area contributed by atoms with Crippen LogP contribution in [-0.4, -0.2) is 28.2 Å². The van der Waals surface area contributed by atoms with Crippen LogP contribution in [0.25, 0.3) is 0 Å². The fourth-order valence-corrected chi connectivity index (χ4v) is 2.22. The van der Waals surface area contributed by atoms with E-state index in [1.54, 1.807) is 22.9 Å². The van der Waals surface area contributed by atoms with Gasteiger partial charge in [-0.3, -0.25) is 4.72 Å². The molecule has 7 nitrogen and oxygen atoms in total. The van der Waals surface area contributed by atoms with Crippen molar-refractivity contribution in [3.63, 3.8) is 0 Å². The van der Waals surface area contributed by atoms with Crippen molar-refractivity contribution in [2.75, 3.05) is 18.4 Å². The van der Waals surface area contributed by atoms with Crippen molar-refractivity contribution in [2.24, 2.45) is 5.73 Å². The molecular weight excluding hydrogens is 270 g/mol. The molecule has 0 spiro atoms. The van der Waals surface area contributed by atoms with Crippen LogP contribution < -0.4 is 15.2 Å². The van der Waals surface area contributed by atoms with Crippen molar-refractivity contribution in [3.05, 3.63) is 29.8 Å². The highest BCUT2D eigenvalue weighted by molar-refractivity contribution is 7.91. The van der Waals surface area contributed by atoms with Crippen molar-refractivity contribution >= 4 is 22.0 Å². The maximum Gasteiger partial charge on any atom is 0.422 e. The van der Waals surface area contributed by atoms with Crippen molar-refractivity contribution < 1.29 is 17.9 Å². The predicted molar refractivity (Wildman–Crippen MR) is 71.9 cm³/mol. The van der Waals surface area contributed by atoms with Crippen LogP contribution in [0.3, 0.4) is 0 Å². The van der Waals surface area contributed by atoms with E-state index in [0.717, 1.165) is 25.5 Å². The molecule has 1 aromatic rings. The zero-order valence-corrected chi connectivity index (χ0v) is 11.4. The van der Waals surface area contributed by atoms with E-state index < -0.39 is 16.3 Å². The van der Waals surface area contributed by atoms with E-state index in [2.05, 4.69) is 9.46 Å². The van der Waals surface area contributed by atoms with Gasteiger partial charge in [-0.15, -0.1) is 0 Å². The lowest BCUT2D eigenvalue weighted by Gasteiger charge is -2.09. The number of aryl methyl sites for hydroxylation is 1. The number of nitrogens with one attached hydrogen (secondary N) is 2. The molecule has 0 aliphatic carbocycles. The Hall–Kier alpha value is -1.80. The van der Waals surface area contributed by atoms with Crippen LogP contribution in [0.2, 0.25) is 0 Å². The summed E-state index contributed by atoms with van der Waals surface area (Å²) < 4.78 is 31.2. The van der Waals surface area contributed by atoms with Crippen LogP contribution in [0, 0.1) is 0 Å². The van der Waals surface area contributed by atoms with Gasteiger partial charge in [0.05, 0.1) is 12.8 Å². The van der Waals surface area contributed by atoms with Gasteiger partial charge in [0.25, 0.3) is 0 Å². The Morgan fingerprint density at radius 2 is 2.16 bits per heavy atom. The van der Waals surface area contributed by atoms with Crippen LogP contribution >= 0.6 is 0 Å². The molecule has 0 fully saturated rings. The first kappa shape index (κ1) is 15.3. The molecule has 0 aromatic heterocycles. The van der Waals surface area contributed by atoms with E-state index in [9.17, 15) is 13.2 Å². The minimum atomic E-state index is -3.98. The van der Waals surface area contributed by atoms with Gasteiger partial charge >= 0.3 is 16.3 Å². The molecule has 4 N–H and O–H groups in total. The zero-order chi connectivity index (χ0) is 14.3. The third-order valence-electron chi connectivity index (χ3n) is 2.25. The molecule has 0 bridgehead atoms. The second-order valence-electron chi connectivity index (χ2n) is 3.79. The number of hydrogen-bond acceptors (Lipinski definition) is 5. The monoisotopic (exact) mass is 287 g/mol. The smallest absolute Gasteiger partial charge is 0.422 e. The van der Waals surface area contributed by atoms with E-state index in [1.807, 2.05) is 6.07 Å². The van der Waals surface area contributed by atoms with Crippen molar-refractivity contribution in [2.45, 2.75) is 12.8 Å². The highest BCUT2D eigenvalue weighted by Crippen LogP contribution is 2.13. The highest BCUT2D eigenvalue weighted by atomic mass is 32.2. The number of anilines is 1. The molecule has 0 radical (unpaired) electrons. The van der Waals surface area contributed by atoms with Crippen LogP contribution in [-0.2, 0) is 21.4 Å². The number of carbonyl (C=O) groups excluding carboxylic acids is 1. The fourth-order valence-electron chi connectivity index (χ4n) is 1.43. The molecule has 1 aromatic carbocycles. The maximum absolute atomic E-state index is 11.6. The normalized spacial score (nSPS) is 10.8. The highest BCUT2D eigenvalue weighted by Gasteiger charge is 2.14. The average Bonchev–Trinajstić information content (AvgIpc) is 2.35. The van der Waals surface area contributed by atoms with E-state index in [-0.39, 0.29) is 0 Å². The molecule has 1 rings (SSSR count). The predicted octanol–water partition coefficient (Wildman–Crippen LogP) is 0.591. The molecule has 106 valence electrons. The lowest BCUT2D eigenvalue weighted by Crippen LogP contribution is -2.35. The van der Waals surface area contributed by atoms with E-state index in [0.29, 0.717) is 12.2 Å². The summed E-state index contributed by atoms with van der Waals surface area (Å²) in [4.78, 5) is 10.9. The molecule has 0 aliphatic heterocycles. The number of carbonyl (C=O) groups is 1. The van der Waals surface area contributed by atoms with E-state index in [4.69, 9.17) is 5.73 Å². The average molecular weight is 287 g/mol. The van der Waals surface area contributed by atoms with E-state index >= 15 is 0 Å². The summed E-state index contributed by atoms with van der Waals surface area (Å²) in [6, 6.07) is 6.87. The van der Waals surface area contributed by atoms with Gasteiger partial charge in [-0.05, 0) is 37.1 Å². The first-order valence-corrected chi connectivity index (χ1v) is 7.12. The summed E-state index contributed by atoms with van der Waals surface area (Å²) in [6.07, 6.45) is 0.527. The summed E-state index contributed by atoms with van der Waals surface area (Å²) in [5, 5.41) is 0. The first-order chi connectivity index (χ1) is 8.96. The second-order valence-corrected chi connectivity index (χ2v) is 5.21. The Labute approximate surface area is 112 Å². The van der Waals surface area contributed by atoms with Crippen LogP contribution in [0.4, 0.5) is 10.5 Å². The molecular formula is C11H17N3O4S. The van der Waals surface area contributed by atoms with Crippen LogP contribution in [0.1, 0.15) is 12.0 Å². The van der Waals surface area contributed by atoms with Crippen molar-refractivity contribution in [1.82, 2.24) is 4.72 Å². The molecule has 0 heterocycles. The fraction of sp³-hybridized carbons (Fsp3) is 0.364. The summed E-state index contributed by atoms with van der Waals surface area (Å²) in [5.74, 6) is 0. The lowest BCUT2D eigenvalue weighted by atomic mass is 10.1. The number of methoxy groups -OCH3 is 1. The zero-order valence-electron chi connectivity index (χ0n) is 10.5. The van der Waals surface area contributed by atoms with Crippen molar-refractivity contribution in [1.29, 1.82) is 0 Å². The van der Waals surface area contributed by atoms with Gasteiger partial charge in [0.15, 0.2) is 0 Å². The Balaban J connectivity index is 2.73. The summed E-state index contributed by atoms with van der Waals surface area (Å²) in [5.41, 5.74) is 6.74. The number of nitrogens with two attached hydrogens (primary N) is 1. The largest absolute Gasteiger partial charge is 0.452 e. The second kappa shape index (κ2) is 6.95. The molecule has 0 atom stereocenters. The van der Waals surface area contributed by atoms with Gasteiger partial charge in [-0.2, -0.15) is 8.42 Å². The van der Waals surface area contributed by atoms with Crippen LogP contribution in [0.5, 0.6) is 0 Å². The molecule has 0 saturated heterocycles. The Kier molecular flexibility index (Phi) is 5.58. The quantitative estimate of drug-likeness (QED) is 0.709. The lowest BCUT2D eigenvalue weighted by molar-refractivity contribution is 0.177. The van der Waals surface area contributed by atoms with Gasteiger partial charge in [-0.25, -0.2) is 9.52 Å². The minimum absolute atomic E-state index is 0.367. The Morgan fingerprint density at radius 1 is 1.42 bits per heavy atom. The third kappa shape index (κ3) is 5.58. The summed E-state index contributed by atoms with van der Waals surface area (Å²) >= 11 is 0. The van der Waals surface area contributed by atoms with Crippen molar-refractivity contribution in [3.8, 4) is 0 Å². The number of benzene rings is 1. The SMILES string of the molecule is COC(=O)NS(=O)(=O)Nc1cccc(CCCN)c1. The van der Waals surface area contributed by atoms with Gasteiger partial charge in [0.1, 0.15) is 0 Å². The number of ether oxygens (including phenoxy) is 1. The van der Waals surface area contributed by atoms with Gasteiger partial charge < -0.3 is 10.5 Å².